The first-order chi connectivity index (χ1) is 15.0. The maximum Gasteiger partial charge on any atom is 0.271 e. The van der Waals surface area contributed by atoms with Gasteiger partial charge in [0.1, 0.15) is 24.0 Å². The summed E-state index contributed by atoms with van der Waals surface area (Å²) in [5.74, 6) is -0.545. The largest absolute Gasteiger partial charge is 0.491 e. The number of halogens is 2. The third kappa shape index (κ3) is 3.94. The van der Waals surface area contributed by atoms with Crippen LogP contribution in [0.5, 0.6) is 5.75 Å². The van der Waals surface area contributed by atoms with Crippen molar-refractivity contribution in [2.75, 3.05) is 23.0 Å². The zero-order valence-electron chi connectivity index (χ0n) is 17.9. The number of epoxide rings is 1. The number of amides is 1. The number of anilines is 2. The Bertz CT molecular complexity index is 1120. The van der Waals surface area contributed by atoms with E-state index in [0.717, 1.165) is 6.92 Å². The van der Waals surface area contributed by atoms with Crippen molar-refractivity contribution in [3.8, 4) is 18.1 Å². The third-order valence-corrected chi connectivity index (χ3v) is 5.86. The van der Waals surface area contributed by atoms with E-state index in [0.29, 0.717) is 24.7 Å². The van der Waals surface area contributed by atoms with Crippen LogP contribution < -0.4 is 14.5 Å². The predicted octanol–water partition coefficient (Wildman–Crippen LogP) is 4.47. The van der Waals surface area contributed by atoms with Gasteiger partial charge in [-0.3, -0.25) is 9.69 Å². The van der Waals surface area contributed by atoms with Crippen LogP contribution in [-0.4, -0.2) is 35.9 Å². The van der Waals surface area contributed by atoms with Gasteiger partial charge in [0.05, 0.1) is 12.3 Å². The number of alkyl halides is 2. The summed E-state index contributed by atoms with van der Waals surface area (Å²) in [6, 6.07) is 11.4. The summed E-state index contributed by atoms with van der Waals surface area (Å²) < 4.78 is 39.1. The summed E-state index contributed by atoms with van der Waals surface area (Å²) in [5, 5.41) is 0.193. The molecule has 0 saturated carbocycles. The first-order valence-electron chi connectivity index (χ1n) is 10.1. The number of rotatable bonds is 6. The number of hydrogen-bond donors (Lipinski definition) is 0. The van der Waals surface area contributed by atoms with Crippen LogP contribution in [0.1, 0.15) is 31.9 Å². The van der Waals surface area contributed by atoms with E-state index in [1.807, 2.05) is 0 Å². The van der Waals surface area contributed by atoms with Gasteiger partial charge in [-0.05, 0) is 68.5 Å². The number of terminal acetylenes is 1. The molecule has 0 spiro atoms. The Kier molecular flexibility index (Phi) is 5.43. The Labute approximate surface area is 190 Å². The van der Waals surface area contributed by atoms with Crippen molar-refractivity contribution in [2.45, 2.75) is 38.3 Å². The number of carbonyl (C=O) groups excluding carboxylic acids is 1. The van der Waals surface area contributed by atoms with Crippen LogP contribution in [0.4, 0.5) is 20.2 Å². The van der Waals surface area contributed by atoms with E-state index in [2.05, 4.69) is 5.92 Å². The molecule has 4 rings (SSSR count). The molecule has 0 aliphatic carbocycles. The van der Waals surface area contributed by atoms with E-state index in [1.54, 1.807) is 43.0 Å². The fourth-order valence-corrected chi connectivity index (χ4v) is 4.18. The van der Waals surface area contributed by atoms with Crippen molar-refractivity contribution < 1.29 is 23.0 Å². The Morgan fingerprint density at radius 3 is 2.44 bits per heavy atom. The lowest BCUT2D eigenvalue weighted by Gasteiger charge is -2.29. The highest BCUT2D eigenvalue weighted by atomic mass is 32.1. The summed E-state index contributed by atoms with van der Waals surface area (Å²) in [5.41, 5.74) is -0.351. The van der Waals surface area contributed by atoms with Crippen LogP contribution in [0.3, 0.4) is 0 Å². The third-order valence-electron chi connectivity index (χ3n) is 5.49. The van der Waals surface area contributed by atoms with Crippen LogP contribution in [0.2, 0.25) is 0 Å². The van der Waals surface area contributed by atoms with Gasteiger partial charge in [-0.1, -0.05) is 5.92 Å². The number of thiocarbonyl (C=S) groups is 1. The van der Waals surface area contributed by atoms with Gasteiger partial charge in [0, 0.05) is 23.7 Å². The molecule has 2 aromatic carbocycles. The van der Waals surface area contributed by atoms with Gasteiger partial charge in [0.2, 0.25) is 0 Å². The molecule has 1 amide bonds. The standard InChI is InChI=1S/C24H22F2N2O3S/c1-5-15-6-7-17(12-20(15)24(4,25)26)27-21(29)23(2,3)28(22(27)32)16-8-10-18(11-9-16)30-13-19-14-31-19/h1,6-12,19H,13-14H2,2-4H3. The number of nitrogens with zero attached hydrogens (tertiary/aromatic N) is 2. The summed E-state index contributed by atoms with van der Waals surface area (Å²) in [7, 11) is 0. The molecule has 2 aliphatic heterocycles. The topological polar surface area (TPSA) is 45.3 Å². The van der Waals surface area contributed by atoms with E-state index >= 15 is 0 Å². The molecular formula is C24H22F2N2O3S. The second-order valence-electron chi connectivity index (χ2n) is 8.34. The van der Waals surface area contributed by atoms with Crippen LogP contribution in [0.15, 0.2) is 42.5 Å². The molecule has 32 heavy (non-hydrogen) atoms. The highest BCUT2D eigenvalue weighted by Crippen LogP contribution is 2.39. The fourth-order valence-electron chi connectivity index (χ4n) is 3.66. The van der Waals surface area contributed by atoms with Crippen molar-refractivity contribution in [2.24, 2.45) is 0 Å². The van der Waals surface area contributed by atoms with Gasteiger partial charge in [0.15, 0.2) is 5.11 Å². The summed E-state index contributed by atoms with van der Waals surface area (Å²) in [4.78, 5) is 16.3. The smallest absolute Gasteiger partial charge is 0.271 e. The molecule has 0 N–H and O–H groups in total. The Morgan fingerprint density at radius 2 is 1.88 bits per heavy atom. The molecule has 5 nitrogen and oxygen atoms in total. The highest BCUT2D eigenvalue weighted by Gasteiger charge is 2.50. The highest BCUT2D eigenvalue weighted by molar-refractivity contribution is 7.81. The Morgan fingerprint density at radius 1 is 1.25 bits per heavy atom. The number of benzene rings is 2. The summed E-state index contributed by atoms with van der Waals surface area (Å²) >= 11 is 5.63. The van der Waals surface area contributed by atoms with E-state index in [4.69, 9.17) is 28.1 Å². The number of hydrogen-bond acceptors (Lipinski definition) is 4. The predicted molar refractivity (Wildman–Crippen MR) is 122 cm³/mol. The lowest BCUT2D eigenvalue weighted by Crippen LogP contribution is -2.44. The molecule has 2 aliphatic rings. The minimum Gasteiger partial charge on any atom is -0.491 e. The Balaban J connectivity index is 1.66. The van der Waals surface area contributed by atoms with E-state index in [9.17, 15) is 13.6 Å². The fraction of sp³-hybridized carbons (Fsp3) is 0.333. The van der Waals surface area contributed by atoms with Crippen molar-refractivity contribution in [3.63, 3.8) is 0 Å². The maximum atomic E-state index is 14.1. The first kappa shape index (κ1) is 22.2. The molecular weight excluding hydrogens is 434 g/mol. The monoisotopic (exact) mass is 456 g/mol. The molecule has 2 heterocycles. The van der Waals surface area contributed by atoms with E-state index < -0.39 is 11.5 Å². The van der Waals surface area contributed by atoms with Gasteiger partial charge >= 0.3 is 0 Å². The van der Waals surface area contributed by atoms with Crippen molar-refractivity contribution >= 4 is 34.6 Å². The molecule has 0 radical (unpaired) electrons. The Hall–Kier alpha value is -3.02. The van der Waals surface area contributed by atoms with Crippen molar-refractivity contribution in [3.05, 3.63) is 53.6 Å². The molecule has 1 atom stereocenters. The lowest BCUT2D eigenvalue weighted by molar-refractivity contribution is -0.120. The molecule has 1 unspecified atom stereocenters. The van der Waals surface area contributed by atoms with Gasteiger partial charge in [0.25, 0.3) is 11.8 Å². The molecule has 2 fully saturated rings. The summed E-state index contributed by atoms with van der Waals surface area (Å²) in [6.07, 6.45) is 5.53. The molecule has 166 valence electrons. The van der Waals surface area contributed by atoms with Crippen LogP contribution in [-0.2, 0) is 15.5 Å². The molecule has 0 aromatic heterocycles. The average Bonchev–Trinajstić information content (AvgIpc) is 3.54. The van der Waals surface area contributed by atoms with Crippen LogP contribution >= 0.6 is 12.2 Å². The van der Waals surface area contributed by atoms with Gasteiger partial charge in [-0.15, -0.1) is 6.42 Å². The maximum absolute atomic E-state index is 14.1. The molecule has 0 bridgehead atoms. The van der Waals surface area contributed by atoms with Gasteiger partial charge in [-0.25, -0.2) is 8.78 Å². The zero-order chi connectivity index (χ0) is 23.3. The zero-order valence-corrected chi connectivity index (χ0v) is 18.7. The van der Waals surface area contributed by atoms with Crippen molar-refractivity contribution in [1.29, 1.82) is 0 Å². The average molecular weight is 457 g/mol. The van der Waals surface area contributed by atoms with Gasteiger partial charge in [-0.2, -0.15) is 0 Å². The summed E-state index contributed by atoms with van der Waals surface area (Å²) in [6.45, 7) is 5.44. The SMILES string of the molecule is C#Cc1ccc(N2C(=O)C(C)(C)N(c3ccc(OCC4CO4)cc3)C2=S)cc1C(C)(F)F. The quantitative estimate of drug-likeness (QED) is 0.365. The van der Waals surface area contributed by atoms with Crippen LogP contribution in [0, 0.1) is 12.3 Å². The van der Waals surface area contributed by atoms with Crippen LogP contribution in [0.25, 0.3) is 0 Å². The molecule has 2 saturated heterocycles. The number of carbonyl (C=O) groups is 1. The van der Waals surface area contributed by atoms with E-state index in [-0.39, 0.29) is 33.9 Å². The molecule has 2 aromatic rings. The molecule has 8 heteroatoms. The minimum atomic E-state index is -3.17. The minimum absolute atomic E-state index is 0.0714. The normalized spacial score (nSPS) is 19.8. The second-order valence-corrected chi connectivity index (χ2v) is 8.71. The van der Waals surface area contributed by atoms with E-state index in [1.165, 1.54) is 23.1 Å². The van der Waals surface area contributed by atoms with Gasteiger partial charge < -0.3 is 14.4 Å². The second kappa shape index (κ2) is 7.84. The van der Waals surface area contributed by atoms with Crippen molar-refractivity contribution in [1.82, 2.24) is 0 Å². The number of ether oxygens (including phenoxy) is 2. The first-order valence-corrected chi connectivity index (χ1v) is 10.5. The lowest BCUT2D eigenvalue weighted by atomic mass is 10.0.